The molecule has 2 aromatic heterocycles. The molecule has 6 heteroatoms. The molecule has 2 rings (SSSR count). The van der Waals surface area contributed by atoms with Crippen LogP contribution in [0.4, 0.5) is 5.13 Å². The lowest BCUT2D eigenvalue weighted by molar-refractivity contribution is 0.102. The van der Waals surface area contributed by atoms with Crippen LogP contribution >= 0.6 is 22.7 Å². The molecule has 0 aliphatic heterocycles. The number of hydrogen-bond acceptors (Lipinski definition) is 5. The molecule has 0 aromatic carbocycles. The van der Waals surface area contributed by atoms with Crippen LogP contribution < -0.4 is 11.1 Å². The van der Waals surface area contributed by atoms with Crippen LogP contribution in [-0.2, 0) is 0 Å². The summed E-state index contributed by atoms with van der Waals surface area (Å²) in [4.78, 5) is 16.6. The third-order valence-electron chi connectivity index (χ3n) is 1.82. The number of amides is 1. The van der Waals surface area contributed by atoms with Gasteiger partial charge in [-0.1, -0.05) is 23.2 Å². The standard InChI is InChI=1S/C11H9N3OS2/c12-4-1-2-9-6-13-11(17-9)14-10(15)8-3-5-16-7-8/h3,5-7H,4,12H2,(H,13,14,15). The maximum absolute atomic E-state index is 11.7. The second-order valence-electron chi connectivity index (χ2n) is 3.00. The molecule has 0 aliphatic rings. The van der Waals surface area contributed by atoms with E-state index in [1.165, 1.54) is 22.7 Å². The largest absolute Gasteiger partial charge is 0.320 e. The van der Waals surface area contributed by atoms with Gasteiger partial charge in [0.25, 0.3) is 5.91 Å². The van der Waals surface area contributed by atoms with Gasteiger partial charge in [0.2, 0.25) is 0 Å². The maximum atomic E-state index is 11.7. The zero-order chi connectivity index (χ0) is 12.1. The summed E-state index contributed by atoms with van der Waals surface area (Å²) in [5.74, 6) is 5.45. The Hall–Kier alpha value is -1.68. The second-order valence-corrected chi connectivity index (χ2v) is 4.81. The van der Waals surface area contributed by atoms with Crippen molar-refractivity contribution in [3.05, 3.63) is 33.5 Å². The molecule has 1 amide bonds. The molecule has 0 saturated carbocycles. The summed E-state index contributed by atoms with van der Waals surface area (Å²) in [6.45, 7) is 0.314. The first-order valence-electron chi connectivity index (χ1n) is 4.78. The van der Waals surface area contributed by atoms with E-state index in [1.807, 2.05) is 5.38 Å². The minimum Gasteiger partial charge on any atom is -0.320 e. The molecule has 0 atom stereocenters. The van der Waals surface area contributed by atoms with Gasteiger partial charge < -0.3 is 5.73 Å². The zero-order valence-electron chi connectivity index (χ0n) is 8.77. The SMILES string of the molecule is NCC#Cc1cnc(NC(=O)c2ccsc2)s1. The van der Waals surface area contributed by atoms with Crippen molar-refractivity contribution in [1.82, 2.24) is 4.98 Å². The van der Waals surface area contributed by atoms with Crippen LogP contribution in [0.5, 0.6) is 0 Å². The number of thiophene rings is 1. The fourth-order valence-electron chi connectivity index (χ4n) is 1.09. The van der Waals surface area contributed by atoms with Crippen LogP contribution in [0.15, 0.2) is 23.0 Å². The first kappa shape index (κ1) is 11.8. The van der Waals surface area contributed by atoms with Gasteiger partial charge in [-0.2, -0.15) is 11.3 Å². The fourth-order valence-corrected chi connectivity index (χ4v) is 2.41. The Bertz CT molecular complexity index is 563. The van der Waals surface area contributed by atoms with Gasteiger partial charge in [0.1, 0.15) is 0 Å². The predicted molar refractivity (Wildman–Crippen MR) is 70.3 cm³/mol. The van der Waals surface area contributed by atoms with E-state index in [9.17, 15) is 4.79 Å². The minimum atomic E-state index is -0.154. The molecular formula is C11H9N3OS2. The Morgan fingerprint density at radius 1 is 1.59 bits per heavy atom. The molecule has 17 heavy (non-hydrogen) atoms. The highest BCUT2D eigenvalue weighted by molar-refractivity contribution is 7.16. The highest BCUT2D eigenvalue weighted by atomic mass is 32.1. The average molecular weight is 263 g/mol. The normalized spacial score (nSPS) is 9.47. The molecule has 0 unspecified atom stereocenters. The predicted octanol–water partition coefficient (Wildman–Crippen LogP) is 1.77. The van der Waals surface area contributed by atoms with Gasteiger partial charge in [-0.15, -0.1) is 0 Å². The number of thiazole rings is 1. The molecule has 0 fully saturated rings. The van der Waals surface area contributed by atoms with Gasteiger partial charge in [-0.25, -0.2) is 4.98 Å². The quantitative estimate of drug-likeness (QED) is 0.811. The molecule has 0 aliphatic carbocycles. The Balaban J connectivity index is 2.04. The van der Waals surface area contributed by atoms with Gasteiger partial charge in [-0.3, -0.25) is 10.1 Å². The van der Waals surface area contributed by atoms with Crippen LogP contribution in [0.25, 0.3) is 0 Å². The number of anilines is 1. The molecular weight excluding hydrogens is 254 g/mol. The van der Waals surface area contributed by atoms with Crippen molar-refractivity contribution < 1.29 is 4.79 Å². The lowest BCUT2D eigenvalue weighted by Crippen LogP contribution is -2.10. The molecule has 2 heterocycles. The second kappa shape index (κ2) is 5.59. The molecule has 4 nitrogen and oxygen atoms in total. The molecule has 0 saturated heterocycles. The molecule has 0 radical (unpaired) electrons. The van der Waals surface area contributed by atoms with Crippen molar-refractivity contribution >= 4 is 33.7 Å². The lowest BCUT2D eigenvalue weighted by atomic mass is 10.3. The molecule has 0 spiro atoms. The lowest BCUT2D eigenvalue weighted by Gasteiger charge is -1.97. The number of nitrogens with zero attached hydrogens (tertiary/aromatic N) is 1. The summed E-state index contributed by atoms with van der Waals surface area (Å²) in [6, 6.07) is 1.77. The van der Waals surface area contributed by atoms with Crippen molar-refractivity contribution in [2.75, 3.05) is 11.9 Å². The number of nitrogens with two attached hydrogens (primary N) is 1. The van der Waals surface area contributed by atoms with Gasteiger partial charge in [-0.05, 0) is 11.4 Å². The van der Waals surface area contributed by atoms with E-state index in [-0.39, 0.29) is 5.91 Å². The number of hydrogen-bond donors (Lipinski definition) is 2. The number of carbonyl (C=O) groups excluding carboxylic acids is 1. The van der Waals surface area contributed by atoms with Crippen molar-refractivity contribution in [3.8, 4) is 11.8 Å². The third kappa shape index (κ3) is 3.14. The van der Waals surface area contributed by atoms with Crippen molar-refractivity contribution in [1.29, 1.82) is 0 Å². The van der Waals surface area contributed by atoms with Crippen molar-refractivity contribution in [2.45, 2.75) is 0 Å². The van der Waals surface area contributed by atoms with Gasteiger partial charge in [0.05, 0.1) is 23.2 Å². The van der Waals surface area contributed by atoms with Crippen LogP contribution in [0.1, 0.15) is 15.2 Å². The van der Waals surface area contributed by atoms with Gasteiger partial charge in [0.15, 0.2) is 5.13 Å². The molecule has 2 aromatic rings. The molecule has 86 valence electrons. The van der Waals surface area contributed by atoms with Crippen LogP contribution in [0.3, 0.4) is 0 Å². The summed E-state index contributed by atoms with van der Waals surface area (Å²) >= 11 is 2.81. The summed E-state index contributed by atoms with van der Waals surface area (Å²) in [5.41, 5.74) is 5.91. The fraction of sp³-hybridized carbons (Fsp3) is 0.0909. The Kier molecular flexibility index (Phi) is 3.88. The first-order chi connectivity index (χ1) is 8.29. The van der Waals surface area contributed by atoms with E-state index in [0.29, 0.717) is 17.2 Å². The third-order valence-corrected chi connectivity index (χ3v) is 3.33. The van der Waals surface area contributed by atoms with E-state index >= 15 is 0 Å². The van der Waals surface area contributed by atoms with Crippen molar-refractivity contribution in [3.63, 3.8) is 0 Å². The minimum absolute atomic E-state index is 0.154. The van der Waals surface area contributed by atoms with Crippen LogP contribution in [0, 0.1) is 11.8 Å². The summed E-state index contributed by atoms with van der Waals surface area (Å²) < 4.78 is 0. The van der Waals surface area contributed by atoms with Gasteiger partial charge in [0, 0.05) is 5.38 Å². The van der Waals surface area contributed by atoms with E-state index in [0.717, 1.165) is 4.88 Å². The maximum Gasteiger partial charge on any atom is 0.258 e. The van der Waals surface area contributed by atoms with Crippen LogP contribution in [-0.4, -0.2) is 17.4 Å². The molecule has 3 N–H and O–H groups in total. The van der Waals surface area contributed by atoms with Gasteiger partial charge >= 0.3 is 0 Å². The number of rotatable bonds is 2. The smallest absolute Gasteiger partial charge is 0.258 e. The summed E-state index contributed by atoms with van der Waals surface area (Å²) in [7, 11) is 0. The summed E-state index contributed by atoms with van der Waals surface area (Å²) in [5, 5.41) is 6.91. The Labute approximate surface area is 106 Å². The van der Waals surface area contributed by atoms with Crippen LogP contribution in [0.2, 0.25) is 0 Å². The topological polar surface area (TPSA) is 68.0 Å². The van der Waals surface area contributed by atoms with Crippen molar-refractivity contribution in [2.24, 2.45) is 5.73 Å². The van der Waals surface area contributed by atoms with E-state index in [2.05, 4.69) is 22.1 Å². The number of nitrogens with one attached hydrogen (secondary N) is 1. The first-order valence-corrected chi connectivity index (χ1v) is 6.54. The monoisotopic (exact) mass is 263 g/mol. The van der Waals surface area contributed by atoms with E-state index < -0.39 is 0 Å². The summed E-state index contributed by atoms with van der Waals surface area (Å²) in [6.07, 6.45) is 1.62. The average Bonchev–Trinajstić information content (AvgIpc) is 2.97. The highest BCUT2D eigenvalue weighted by Crippen LogP contribution is 2.18. The zero-order valence-corrected chi connectivity index (χ0v) is 10.4. The number of carbonyl (C=O) groups is 1. The molecule has 0 bridgehead atoms. The van der Waals surface area contributed by atoms with E-state index in [4.69, 9.17) is 5.73 Å². The Morgan fingerprint density at radius 3 is 3.18 bits per heavy atom. The number of aromatic nitrogens is 1. The highest BCUT2D eigenvalue weighted by Gasteiger charge is 2.08. The Morgan fingerprint density at radius 2 is 2.47 bits per heavy atom. The van der Waals surface area contributed by atoms with E-state index in [1.54, 1.807) is 17.6 Å².